The summed E-state index contributed by atoms with van der Waals surface area (Å²) in [6.45, 7) is 2.20. The Balaban J connectivity index is 3.11. The fourth-order valence-corrected chi connectivity index (χ4v) is 1.76. The molecule has 0 amide bonds. The summed E-state index contributed by atoms with van der Waals surface area (Å²) in [6.07, 6.45) is 8.32. The van der Waals surface area contributed by atoms with Gasteiger partial charge < -0.3 is 0 Å². The van der Waals surface area contributed by atoms with Crippen LogP contribution in [0.15, 0.2) is 0 Å². The summed E-state index contributed by atoms with van der Waals surface area (Å²) in [5, 5.41) is 8.64. The molecule has 0 bridgehead atoms. The predicted octanol–water partition coefficient (Wildman–Crippen LogP) is 2.24. The Labute approximate surface area is 89.6 Å². The summed E-state index contributed by atoms with van der Waals surface area (Å²) >= 11 is 1.34. The van der Waals surface area contributed by atoms with Crippen LogP contribution in [0, 0.1) is 0 Å². The van der Waals surface area contributed by atoms with Gasteiger partial charge in [0.15, 0.2) is 0 Å². The minimum absolute atomic E-state index is 0.0984. The van der Waals surface area contributed by atoms with Crippen LogP contribution in [-0.4, -0.2) is 27.9 Å². The number of unbranched alkanes of at least 4 members (excludes halogenated alkanes) is 5. The molecule has 3 heteroatoms. The molecule has 2 atom stereocenters. The van der Waals surface area contributed by atoms with Crippen molar-refractivity contribution in [3.63, 3.8) is 0 Å². The van der Waals surface area contributed by atoms with Gasteiger partial charge in [0.2, 0.25) is 0 Å². The van der Waals surface area contributed by atoms with E-state index in [9.17, 15) is 4.79 Å². The Hall–Kier alpha value is 0.0284. The second-order valence-electron chi connectivity index (χ2n) is 3.50. The monoisotopic (exact) mass is 248 g/mol. The SMILES string of the molecule is CCCCCCCCC([AsH2])C(=O)O. The van der Waals surface area contributed by atoms with E-state index >= 15 is 0 Å². The standard InChI is InChI=1S/C10H21AsO2/c1-2-3-4-5-6-7-8-9(11)10(12)13/h9H,2-8,11H2,1H3,(H,12,13). The number of hydrogen-bond donors (Lipinski definition) is 1. The molecule has 78 valence electrons. The van der Waals surface area contributed by atoms with E-state index in [2.05, 4.69) is 6.92 Å². The van der Waals surface area contributed by atoms with Crippen LogP contribution in [0.5, 0.6) is 0 Å². The van der Waals surface area contributed by atoms with Crippen molar-refractivity contribution in [2.45, 2.75) is 56.6 Å². The third kappa shape index (κ3) is 8.36. The van der Waals surface area contributed by atoms with Gasteiger partial charge in [0.1, 0.15) is 0 Å². The second-order valence-corrected chi connectivity index (χ2v) is 5.19. The number of aliphatic carboxylic acids is 1. The van der Waals surface area contributed by atoms with Crippen molar-refractivity contribution >= 4 is 22.8 Å². The van der Waals surface area contributed by atoms with E-state index in [1.54, 1.807) is 0 Å². The van der Waals surface area contributed by atoms with E-state index in [1.807, 2.05) is 0 Å². The van der Waals surface area contributed by atoms with Crippen LogP contribution in [-0.2, 0) is 4.79 Å². The Morgan fingerprint density at radius 2 is 1.77 bits per heavy atom. The number of carboxylic acids is 1. The fraction of sp³-hybridized carbons (Fsp3) is 0.900. The summed E-state index contributed by atoms with van der Waals surface area (Å²) < 4.78 is -0.0984. The van der Waals surface area contributed by atoms with Gasteiger partial charge in [-0.25, -0.2) is 0 Å². The molecule has 2 unspecified atom stereocenters. The predicted molar refractivity (Wildman–Crippen MR) is 57.9 cm³/mol. The average molecular weight is 248 g/mol. The van der Waals surface area contributed by atoms with Crippen molar-refractivity contribution in [1.82, 2.24) is 0 Å². The van der Waals surface area contributed by atoms with Crippen molar-refractivity contribution in [3.8, 4) is 0 Å². The quantitative estimate of drug-likeness (QED) is 0.528. The van der Waals surface area contributed by atoms with E-state index in [0.717, 1.165) is 12.8 Å². The van der Waals surface area contributed by atoms with Gasteiger partial charge in [-0.1, -0.05) is 0 Å². The molecule has 2 nitrogen and oxygen atoms in total. The first-order valence-electron chi connectivity index (χ1n) is 5.17. The van der Waals surface area contributed by atoms with E-state index < -0.39 is 5.97 Å². The maximum absolute atomic E-state index is 10.5. The van der Waals surface area contributed by atoms with E-state index in [1.165, 1.54) is 49.0 Å². The van der Waals surface area contributed by atoms with Crippen LogP contribution >= 0.6 is 0 Å². The number of carboxylic acid groups (broad SMARTS) is 1. The van der Waals surface area contributed by atoms with Crippen LogP contribution in [0.4, 0.5) is 0 Å². The number of rotatable bonds is 8. The first-order chi connectivity index (χ1) is 6.18. The van der Waals surface area contributed by atoms with Gasteiger partial charge in [-0.2, -0.15) is 0 Å². The normalized spacial score (nSPS) is 12.8. The Morgan fingerprint density at radius 1 is 1.23 bits per heavy atom. The zero-order chi connectivity index (χ0) is 10.1. The summed E-state index contributed by atoms with van der Waals surface area (Å²) in [4.78, 5) is 10.5. The Morgan fingerprint density at radius 3 is 2.31 bits per heavy atom. The molecule has 0 aliphatic carbocycles. The van der Waals surface area contributed by atoms with Gasteiger partial charge in [0.25, 0.3) is 0 Å². The van der Waals surface area contributed by atoms with Crippen LogP contribution < -0.4 is 0 Å². The molecule has 0 fully saturated rings. The summed E-state index contributed by atoms with van der Waals surface area (Å²) in [5.74, 6) is -0.631. The molecule has 0 aliphatic rings. The van der Waals surface area contributed by atoms with Crippen molar-refractivity contribution in [2.24, 2.45) is 0 Å². The molecule has 0 radical (unpaired) electrons. The van der Waals surface area contributed by atoms with Crippen molar-refractivity contribution in [1.29, 1.82) is 0 Å². The molecular weight excluding hydrogens is 227 g/mol. The van der Waals surface area contributed by atoms with Crippen LogP contribution in [0.2, 0.25) is 4.71 Å². The molecule has 0 aromatic carbocycles. The second kappa shape index (κ2) is 8.62. The van der Waals surface area contributed by atoms with Gasteiger partial charge in [-0.3, -0.25) is 0 Å². The van der Waals surface area contributed by atoms with E-state index in [4.69, 9.17) is 5.11 Å². The van der Waals surface area contributed by atoms with Crippen molar-refractivity contribution in [2.75, 3.05) is 0 Å². The zero-order valence-electron chi connectivity index (χ0n) is 8.46. The van der Waals surface area contributed by atoms with Gasteiger partial charge >= 0.3 is 89.3 Å². The molecule has 0 saturated carbocycles. The molecule has 0 aromatic rings. The third-order valence-electron chi connectivity index (χ3n) is 2.19. The Kier molecular flexibility index (Phi) is 8.64. The van der Waals surface area contributed by atoms with Crippen molar-refractivity contribution < 1.29 is 9.90 Å². The fourth-order valence-electron chi connectivity index (χ4n) is 1.27. The van der Waals surface area contributed by atoms with E-state index in [-0.39, 0.29) is 4.71 Å². The molecular formula is C10H21AsO2. The van der Waals surface area contributed by atoms with Gasteiger partial charge in [-0.15, -0.1) is 0 Å². The molecule has 1 N–H and O–H groups in total. The molecule has 0 aromatic heterocycles. The van der Waals surface area contributed by atoms with E-state index in [0.29, 0.717) is 0 Å². The third-order valence-corrected chi connectivity index (χ3v) is 3.48. The maximum atomic E-state index is 10.5. The molecule has 0 spiro atoms. The summed E-state index contributed by atoms with van der Waals surface area (Å²) in [7, 11) is 0. The van der Waals surface area contributed by atoms with Gasteiger partial charge in [0.05, 0.1) is 0 Å². The van der Waals surface area contributed by atoms with Crippen LogP contribution in [0.25, 0.3) is 0 Å². The zero-order valence-corrected chi connectivity index (χ0v) is 10.9. The Bertz CT molecular complexity index is 137. The number of carbonyl (C=O) groups is 1. The molecule has 0 heterocycles. The molecule has 0 rings (SSSR count). The number of hydrogen-bond acceptors (Lipinski definition) is 1. The van der Waals surface area contributed by atoms with Gasteiger partial charge in [-0.05, 0) is 0 Å². The molecule has 0 saturated heterocycles. The summed E-state index contributed by atoms with van der Waals surface area (Å²) in [6, 6.07) is 0. The minimum atomic E-state index is -0.631. The molecule has 0 aliphatic heterocycles. The first-order valence-corrected chi connectivity index (χ1v) is 6.56. The topological polar surface area (TPSA) is 37.3 Å². The average Bonchev–Trinajstić information content (AvgIpc) is 2.10. The van der Waals surface area contributed by atoms with Crippen LogP contribution in [0.1, 0.15) is 51.9 Å². The molecule has 13 heavy (non-hydrogen) atoms. The summed E-state index contributed by atoms with van der Waals surface area (Å²) in [5.41, 5.74) is 0. The van der Waals surface area contributed by atoms with Gasteiger partial charge in [0, 0.05) is 0 Å². The first kappa shape index (κ1) is 13.0. The van der Waals surface area contributed by atoms with Crippen LogP contribution in [0.3, 0.4) is 0 Å². The van der Waals surface area contributed by atoms with Crippen molar-refractivity contribution in [3.05, 3.63) is 0 Å².